The van der Waals surface area contributed by atoms with Crippen LogP contribution in [0.3, 0.4) is 0 Å². The van der Waals surface area contributed by atoms with E-state index in [1.54, 1.807) is 6.07 Å². The number of benzene rings is 1. The molecule has 0 bridgehead atoms. The van der Waals surface area contributed by atoms with Crippen LogP contribution >= 0.6 is 15.9 Å². The van der Waals surface area contributed by atoms with E-state index in [1.807, 2.05) is 42.3 Å². The number of carbonyl (C=O) groups excluding carboxylic acids is 1. The smallest absolute Gasteiger partial charge is 0.276 e. The molecule has 1 amide bonds. The van der Waals surface area contributed by atoms with Crippen LogP contribution in [-0.2, 0) is 0 Å². The molecule has 2 rings (SSSR count). The second kappa shape index (κ2) is 7.89. The van der Waals surface area contributed by atoms with E-state index < -0.39 is 0 Å². The minimum Gasteiger partial charge on any atom is -0.358 e. The fourth-order valence-electron chi connectivity index (χ4n) is 1.89. The number of nitrogens with zero attached hydrogens (tertiary/aromatic N) is 3. The Morgan fingerprint density at radius 3 is 2.50 bits per heavy atom. The Labute approximate surface area is 138 Å². The molecule has 0 aliphatic heterocycles. The Morgan fingerprint density at radius 2 is 1.91 bits per heavy atom. The van der Waals surface area contributed by atoms with Gasteiger partial charge in [-0.05, 0) is 42.8 Å². The SMILES string of the molecule is CCCCN(C)c1ccc(C(=O)Nc2ccc(Br)cc2)nn1. The fraction of sp³-hybridized carbons (Fsp3) is 0.312. The fourth-order valence-corrected chi connectivity index (χ4v) is 2.15. The third-order valence-corrected chi connectivity index (χ3v) is 3.75. The van der Waals surface area contributed by atoms with Gasteiger partial charge in [0.1, 0.15) is 0 Å². The van der Waals surface area contributed by atoms with Gasteiger partial charge in [-0.1, -0.05) is 29.3 Å². The summed E-state index contributed by atoms with van der Waals surface area (Å²) in [6.45, 7) is 3.07. The molecule has 2 aromatic rings. The summed E-state index contributed by atoms with van der Waals surface area (Å²) < 4.78 is 0.963. The maximum atomic E-state index is 12.1. The molecule has 0 spiro atoms. The second-order valence-corrected chi connectivity index (χ2v) is 5.93. The van der Waals surface area contributed by atoms with Crippen LogP contribution in [0.1, 0.15) is 30.3 Å². The maximum Gasteiger partial charge on any atom is 0.276 e. The third-order valence-electron chi connectivity index (χ3n) is 3.22. The van der Waals surface area contributed by atoms with E-state index in [0.717, 1.165) is 35.4 Å². The summed E-state index contributed by atoms with van der Waals surface area (Å²) in [5.74, 6) is 0.506. The van der Waals surface area contributed by atoms with Gasteiger partial charge in [0.2, 0.25) is 0 Å². The summed E-state index contributed by atoms with van der Waals surface area (Å²) in [6, 6.07) is 10.9. The molecule has 0 radical (unpaired) electrons. The molecule has 0 saturated carbocycles. The highest BCUT2D eigenvalue weighted by Gasteiger charge is 2.10. The van der Waals surface area contributed by atoms with Gasteiger partial charge in [-0.25, -0.2) is 0 Å². The highest BCUT2D eigenvalue weighted by molar-refractivity contribution is 9.10. The molecule has 5 nitrogen and oxygen atoms in total. The predicted molar refractivity (Wildman–Crippen MR) is 92.3 cm³/mol. The van der Waals surface area contributed by atoms with Crippen molar-refractivity contribution in [3.05, 3.63) is 46.6 Å². The van der Waals surface area contributed by atoms with E-state index in [0.29, 0.717) is 5.69 Å². The van der Waals surface area contributed by atoms with Crippen molar-refractivity contribution >= 4 is 33.3 Å². The van der Waals surface area contributed by atoms with Crippen molar-refractivity contribution in [2.24, 2.45) is 0 Å². The summed E-state index contributed by atoms with van der Waals surface area (Å²) in [6.07, 6.45) is 2.23. The zero-order valence-corrected chi connectivity index (χ0v) is 14.3. The number of carbonyl (C=O) groups is 1. The Morgan fingerprint density at radius 1 is 1.18 bits per heavy atom. The number of anilines is 2. The summed E-state index contributed by atoms with van der Waals surface area (Å²) >= 11 is 3.36. The van der Waals surface area contributed by atoms with Gasteiger partial charge in [-0.15, -0.1) is 10.2 Å². The van der Waals surface area contributed by atoms with E-state index in [-0.39, 0.29) is 5.91 Å². The van der Waals surface area contributed by atoms with Gasteiger partial charge in [-0.2, -0.15) is 0 Å². The lowest BCUT2D eigenvalue weighted by Crippen LogP contribution is -2.21. The molecule has 1 aromatic heterocycles. The van der Waals surface area contributed by atoms with Gasteiger partial charge in [0, 0.05) is 23.8 Å². The second-order valence-electron chi connectivity index (χ2n) is 5.01. The Bertz CT molecular complexity index is 613. The summed E-state index contributed by atoms with van der Waals surface area (Å²) in [7, 11) is 1.97. The van der Waals surface area contributed by atoms with Crippen molar-refractivity contribution in [2.45, 2.75) is 19.8 Å². The molecule has 0 atom stereocenters. The molecule has 1 heterocycles. The quantitative estimate of drug-likeness (QED) is 0.850. The molecular weight excluding hydrogens is 344 g/mol. The average molecular weight is 363 g/mol. The van der Waals surface area contributed by atoms with Crippen molar-refractivity contribution < 1.29 is 4.79 Å². The lowest BCUT2D eigenvalue weighted by molar-refractivity contribution is 0.102. The van der Waals surface area contributed by atoms with Crippen molar-refractivity contribution in [1.29, 1.82) is 0 Å². The van der Waals surface area contributed by atoms with Crippen molar-refractivity contribution in [3.63, 3.8) is 0 Å². The first-order valence-corrected chi connectivity index (χ1v) is 8.01. The molecule has 116 valence electrons. The minimum absolute atomic E-state index is 0.266. The summed E-state index contributed by atoms with van der Waals surface area (Å²) in [5.41, 5.74) is 1.02. The number of nitrogens with one attached hydrogen (secondary N) is 1. The molecule has 0 fully saturated rings. The first kappa shape index (κ1) is 16.4. The summed E-state index contributed by atoms with van der Waals surface area (Å²) in [5, 5.41) is 10.9. The normalized spacial score (nSPS) is 10.3. The van der Waals surface area contributed by atoms with Crippen LogP contribution < -0.4 is 10.2 Å². The first-order chi connectivity index (χ1) is 10.6. The van der Waals surface area contributed by atoms with Gasteiger partial charge < -0.3 is 10.2 Å². The number of unbranched alkanes of at least 4 members (excludes halogenated alkanes) is 1. The average Bonchev–Trinajstić information content (AvgIpc) is 2.55. The largest absolute Gasteiger partial charge is 0.358 e. The predicted octanol–water partition coefficient (Wildman–Crippen LogP) is 3.73. The number of hydrogen-bond donors (Lipinski definition) is 1. The van der Waals surface area contributed by atoms with E-state index in [2.05, 4.69) is 38.4 Å². The number of aromatic nitrogens is 2. The van der Waals surface area contributed by atoms with Crippen LogP contribution in [0, 0.1) is 0 Å². The molecule has 1 N–H and O–H groups in total. The maximum absolute atomic E-state index is 12.1. The molecule has 0 unspecified atom stereocenters. The van der Waals surface area contributed by atoms with Gasteiger partial charge >= 0.3 is 0 Å². The van der Waals surface area contributed by atoms with Crippen molar-refractivity contribution in [2.75, 3.05) is 23.8 Å². The molecule has 6 heteroatoms. The lowest BCUT2D eigenvalue weighted by Gasteiger charge is -2.16. The highest BCUT2D eigenvalue weighted by atomic mass is 79.9. The van der Waals surface area contributed by atoms with Gasteiger partial charge in [-0.3, -0.25) is 4.79 Å². The Hall–Kier alpha value is -1.95. The van der Waals surface area contributed by atoms with Gasteiger partial charge in [0.15, 0.2) is 11.5 Å². The van der Waals surface area contributed by atoms with Gasteiger partial charge in [0.05, 0.1) is 0 Å². The van der Waals surface area contributed by atoms with Crippen LogP contribution in [0.25, 0.3) is 0 Å². The highest BCUT2D eigenvalue weighted by Crippen LogP contribution is 2.15. The van der Waals surface area contributed by atoms with Crippen molar-refractivity contribution in [3.8, 4) is 0 Å². The zero-order chi connectivity index (χ0) is 15.9. The Balaban J connectivity index is 2.00. The summed E-state index contributed by atoms with van der Waals surface area (Å²) in [4.78, 5) is 14.1. The standard InChI is InChI=1S/C16H19BrN4O/c1-3-4-11-21(2)15-10-9-14(19-20-15)16(22)18-13-7-5-12(17)6-8-13/h5-10H,3-4,11H2,1-2H3,(H,18,22). The van der Waals surface area contributed by atoms with E-state index in [1.165, 1.54) is 0 Å². The van der Waals surface area contributed by atoms with E-state index >= 15 is 0 Å². The number of halogens is 1. The lowest BCUT2D eigenvalue weighted by atomic mass is 10.3. The van der Waals surface area contributed by atoms with Crippen LogP contribution in [0.4, 0.5) is 11.5 Å². The third kappa shape index (κ3) is 4.53. The molecule has 22 heavy (non-hydrogen) atoms. The Kier molecular flexibility index (Phi) is 5.89. The molecular formula is C16H19BrN4O. The number of hydrogen-bond acceptors (Lipinski definition) is 4. The molecule has 1 aromatic carbocycles. The number of amides is 1. The molecule has 0 aliphatic carbocycles. The first-order valence-electron chi connectivity index (χ1n) is 7.22. The van der Waals surface area contributed by atoms with Crippen LogP contribution in [0.15, 0.2) is 40.9 Å². The van der Waals surface area contributed by atoms with E-state index in [4.69, 9.17) is 0 Å². The zero-order valence-electron chi connectivity index (χ0n) is 12.7. The van der Waals surface area contributed by atoms with Crippen molar-refractivity contribution in [1.82, 2.24) is 10.2 Å². The van der Waals surface area contributed by atoms with Crippen LogP contribution in [-0.4, -0.2) is 29.7 Å². The molecule has 0 aliphatic rings. The monoisotopic (exact) mass is 362 g/mol. The van der Waals surface area contributed by atoms with E-state index in [9.17, 15) is 4.79 Å². The minimum atomic E-state index is -0.266. The van der Waals surface area contributed by atoms with Crippen LogP contribution in [0.5, 0.6) is 0 Å². The van der Waals surface area contributed by atoms with Gasteiger partial charge in [0.25, 0.3) is 5.91 Å². The number of rotatable bonds is 6. The topological polar surface area (TPSA) is 58.1 Å². The molecule has 0 saturated heterocycles. The van der Waals surface area contributed by atoms with Crippen LogP contribution in [0.2, 0.25) is 0 Å².